The second kappa shape index (κ2) is 3.65. The topological polar surface area (TPSA) is 20.2 Å². The quantitative estimate of drug-likeness (QED) is 0.778. The number of hydrogen-bond donors (Lipinski definition) is 1. The van der Waals surface area contributed by atoms with Gasteiger partial charge in [-0.05, 0) is 31.0 Å². The summed E-state index contributed by atoms with van der Waals surface area (Å²) in [5.41, 5.74) is -1.33. The van der Waals surface area contributed by atoms with Crippen LogP contribution in [0.25, 0.3) is 0 Å². The third-order valence-electron chi connectivity index (χ3n) is 2.60. The number of aliphatic hydroxyl groups is 1. The lowest BCUT2D eigenvalue weighted by Crippen LogP contribution is -2.29. The van der Waals surface area contributed by atoms with Gasteiger partial charge in [0.25, 0.3) is 0 Å². The van der Waals surface area contributed by atoms with E-state index in [0.717, 1.165) is 18.2 Å². The summed E-state index contributed by atoms with van der Waals surface area (Å²) in [7, 11) is 0. The maximum Gasteiger partial charge on any atom is 0.129 e. The van der Waals surface area contributed by atoms with Gasteiger partial charge in [0.15, 0.2) is 0 Å². The monoisotopic (exact) mass is 200 g/mol. The van der Waals surface area contributed by atoms with Crippen molar-refractivity contribution in [1.29, 1.82) is 0 Å². The van der Waals surface area contributed by atoms with E-state index in [1.54, 1.807) is 13.8 Å². The van der Waals surface area contributed by atoms with Crippen LogP contribution in [-0.2, 0) is 5.60 Å². The average molecular weight is 200 g/mol. The van der Waals surface area contributed by atoms with Crippen LogP contribution in [0.15, 0.2) is 18.2 Å². The molecule has 0 bridgehead atoms. The van der Waals surface area contributed by atoms with E-state index < -0.39 is 17.2 Å². The summed E-state index contributed by atoms with van der Waals surface area (Å²) in [6, 6.07) is 3.10. The molecule has 0 amide bonds. The SMILES string of the molecule is CC(C)C(C)(O)c1cc(F)ccc1F. The highest BCUT2D eigenvalue weighted by molar-refractivity contribution is 5.25. The molecule has 1 aromatic carbocycles. The van der Waals surface area contributed by atoms with E-state index in [4.69, 9.17) is 0 Å². The zero-order valence-electron chi connectivity index (χ0n) is 8.51. The minimum absolute atomic E-state index is 0.00694. The second-order valence-electron chi connectivity index (χ2n) is 3.93. The van der Waals surface area contributed by atoms with Crippen LogP contribution >= 0.6 is 0 Å². The van der Waals surface area contributed by atoms with Crippen molar-refractivity contribution in [3.63, 3.8) is 0 Å². The van der Waals surface area contributed by atoms with Gasteiger partial charge in [-0.3, -0.25) is 0 Å². The molecule has 0 saturated heterocycles. The Morgan fingerprint density at radius 1 is 1.29 bits per heavy atom. The van der Waals surface area contributed by atoms with Gasteiger partial charge in [-0.1, -0.05) is 13.8 Å². The standard InChI is InChI=1S/C11H14F2O/c1-7(2)11(3,14)9-6-8(12)4-5-10(9)13/h4-7,14H,1-3H3. The van der Waals surface area contributed by atoms with Gasteiger partial charge in [0.05, 0.1) is 5.60 Å². The average Bonchev–Trinajstić information content (AvgIpc) is 2.08. The molecule has 1 rings (SSSR count). The first-order chi connectivity index (χ1) is 6.35. The van der Waals surface area contributed by atoms with Gasteiger partial charge in [0.2, 0.25) is 0 Å². The molecule has 78 valence electrons. The first-order valence-corrected chi connectivity index (χ1v) is 4.53. The molecule has 0 aliphatic heterocycles. The van der Waals surface area contributed by atoms with Crippen LogP contribution in [0.3, 0.4) is 0 Å². The Balaban J connectivity index is 3.24. The zero-order chi connectivity index (χ0) is 10.9. The third kappa shape index (κ3) is 1.93. The molecule has 14 heavy (non-hydrogen) atoms. The fourth-order valence-electron chi connectivity index (χ4n) is 1.20. The van der Waals surface area contributed by atoms with Crippen LogP contribution in [0.5, 0.6) is 0 Å². The van der Waals surface area contributed by atoms with Crippen LogP contribution in [0.1, 0.15) is 26.3 Å². The van der Waals surface area contributed by atoms with Crippen LogP contribution in [0.2, 0.25) is 0 Å². The lowest BCUT2D eigenvalue weighted by atomic mass is 9.85. The van der Waals surface area contributed by atoms with E-state index in [2.05, 4.69) is 0 Å². The lowest BCUT2D eigenvalue weighted by molar-refractivity contribution is 0.00546. The molecular weight excluding hydrogens is 186 g/mol. The van der Waals surface area contributed by atoms with Crippen LogP contribution in [0.4, 0.5) is 8.78 Å². The maximum absolute atomic E-state index is 13.3. The highest BCUT2D eigenvalue weighted by Gasteiger charge is 2.30. The molecule has 3 heteroatoms. The fraction of sp³-hybridized carbons (Fsp3) is 0.455. The largest absolute Gasteiger partial charge is 0.385 e. The van der Waals surface area contributed by atoms with Crippen molar-refractivity contribution in [1.82, 2.24) is 0 Å². The maximum atomic E-state index is 13.3. The van der Waals surface area contributed by atoms with E-state index in [1.807, 2.05) is 0 Å². The van der Waals surface area contributed by atoms with E-state index in [9.17, 15) is 13.9 Å². The molecule has 1 N–H and O–H groups in total. The normalized spacial score (nSPS) is 15.6. The molecule has 0 fully saturated rings. The highest BCUT2D eigenvalue weighted by atomic mass is 19.1. The Kier molecular flexibility index (Phi) is 2.90. The van der Waals surface area contributed by atoms with E-state index in [0.29, 0.717) is 0 Å². The second-order valence-corrected chi connectivity index (χ2v) is 3.93. The summed E-state index contributed by atoms with van der Waals surface area (Å²) < 4.78 is 26.2. The van der Waals surface area contributed by atoms with E-state index >= 15 is 0 Å². The molecule has 1 aromatic rings. The van der Waals surface area contributed by atoms with Crippen LogP contribution in [0, 0.1) is 17.6 Å². The highest BCUT2D eigenvalue weighted by Crippen LogP contribution is 2.31. The lowest BCUT2D eigenvalue weighted by Gasteiger charge is -2.28. The molecule has 0 radical (unpaired) electrons. The summed E-state index contributed by atoms with van der Waals surface area (Å²) in [4.78, 5) is 0. The summed E-state index contributed by atoms with van der Waals surface area (Å²) in [6.45, 7) is 4.99. The minimum Gasteiger partial charge on any atom is -0.385 e. The molecular formula is C11H14F2O. The van der Waals surface area contributed by atoms with Gasteiger partial charge < -0.3 is 5.11 Å². The van der Waals surface area contributed by atoms with E-state index in [-0.39, 0.29) is 11.5 Å². The van der Waals surface area contributed by atoms with Crippen molar-refractivity contribution < 1.29 is 13.9 Å². The minimum atomic E-state index is -1.34. The number of benzene rings is 1. The van der Waals surface area contributed by atoms with Crippen molar-refractivity contribution in [3.05, 3.63) is 35.4 Å². The number of hydrogen-bond acceptors (Lipinski definition) is 1. The van der Waals surface area contributed by atoms with Crippen LogP contribution in [-0.4, -0.2) is 5.11 Å². The van der Waals surface area contributed by atoms with Crippen molar-refractivity contribution in [3.8, 4) is 0 Å². The summed E-state index contributed by atoms with van der Waals surface area (Å²) >= 11 is 0. The molecule has 0 aliphatic carbocycles. The van der Waals surface area contributed by atoms with Gasteiger partial charge >= 0.3 is 0 Å². The Bertz CT molecular complexity index is 332. The van der Waals surface area contributed by atoms with Crippen molar-refractivity contribution in [2.75, 3.05) is 0 Å². The number of halogens is 2. The molecule has 0 aliphatic rings. The van der Waals surface area contributed by atoms with E-state index in [1.165, 1.54) is 6.92 Å². The summed E-state index contributed by atoms with van der Waals surface area (Å²) in [6.07, 6.45) is 0. The first-order valence-electron chi connectivity index (χ1n) is 4.53. The molecule has 0 heterocycles. The van der Waals surface area contributed by atoms with Crippen molar-refractivity contribution in [2.24, 2.45) is 5.92 Å². The zero-order valence-corrected chi connectivity index (χ0v) is 8.51. The predicted octanol–water partition coefficient (Wildman–Crippen LogP) is 2.83. The van der Waals surface area contributed by atoms with Crippen molar-refractivity contribution in [2.45, 2.75) is 26.4 Å². The Morgan fingerprint density at radius 2 is 1.86 bits per heavy atom. The smallest absolute Gasteiger partial charge is 0.129 e. The molecule has 1 unspecified atom stereocenters. The van der Waals surface area contributed by atoms with Gasteiger partial charge in [0.1, 0.15) is 11.6 Å². The van der Waals surface area contributed by atoms with Gasteiger partial charge in [-0.25, -0.2) is 8.78 Å². The fourth-order valence-corrected chi connectivity index (χ4v) is 1.20. The molecule has 1 atom stereocenters. The van der Waals surface area contributed by atoms with Gasteiger partial charge in [-0.15, -0.1) is 0 Å². The molecule has 0 aromatic heterocycles. The Hall–Kier alpha value is -0.960. The Labute approximate surface area is 82.4 Å². The van der Waals surface area contributed by atoms with Crippen LogP contribution < -0.4 is 0 Å². The molecule has 0 spiro atoms. The summed E-state index contributed by atoms with van der Waals surface area (Å²) in [5.74, 6) is -1.30. The van der Waals surface area contributed by atoms with Gasteiger partial charge in [0, 0.05) is 5.56 Å². The molecule has 1 nitrogen and oxygen atoms in total. The molecule has 0 saturated carbocycles. The summed E-state index contributed by atoms with van der Waals surface area (Å²) in [5, 5.41) is 9.96. The Morgan fingerprint density at radius 3 is 2.36 bits per heavy atom. The third-order valence-corrected chi connectivity index (χ3v) is 2.60. The first kappa shape index (κ1) is 11.1. The van der Waals surface area contributed by atoms with Crippen molar-refractivity contribution >= 4 is 0 Å². The van der Waals surface area contributed by atoms with Gasteiger partial charge in [-0.2, -0.15) is 0 Å². The number of rotatable bonds is 2. The predicted molar refractivity (Wildman–Crippen MR) is 50.8 cm³/mol.